The summed E-state index contributed by atoms with van der Waals surface area (Å²) in [6.07, 6.45) is 0. The summed E-state index contributed by atoms with van der Waals surface area (Å²) in [5.41, 5.74) is 1.16. The summed E-state index contributed by atoms with van der Waals surface area (Å²) in [5, 5.41) is 4.49. The Morgan fingerprint density at radius 1 is 0.800 bits per heavy atom. The summed E-state index contributed by atoms with van der Waals surface area (Å²) in [7, 11) is 3.09. The van der Waals surface area contributed by atoms with E-state index >= 15 is 0 Å². The van der Waals surface area contributed by atoms with Gasteiger partial charge in [0.05, 0.1) is 0 Å². The Morgan fingerprint density at radius 3 is 1.53 bits per heavy atom. The van der Waals surface area contributed by atoms with Crippen LogP contribution in [0.25, 0.3) is 0 Å². The Bertz CT molecular complexity index is 359. The molecule has 0 fully saturated rings. The molecule has 0 unspecified atom stereocenters. The molecular formula is C13H17NSi. The van der Waals surface area contributed by atoms with Crippen LogP contribution < -0.4 is 10.5 Å². The fourth-order valence-corrected chi connectivity index (χ4v) is 1.52. The maximum Gasteiger partial charge on any atom is 0.0384 e. The predicted molar refractivity (Wildman–Crippen MR) is 72.0 cm³/mol. The second-order valence-corrected chi connectivity index (χ2v) is 4.43. The predicted octanol–water partition coefficient (Wildman–Crippen LogP) is 1.41. The van der Waals surface area contributed by atoms with Crippen molar-refractivity contribution in [3.05, 3.63) is 60.7 Å². The van der Waals surface area contributed by atoms with Crippen molar-refractivity contribution in [1.82, 2.24) is 0 Å². The van der Waals surface area contributed by atoms with Crippen molar-refractivity contribution in [2.75, 3.05) is 12.4 Å². The minimum atomic E-state index is 1.16. The topological polar surface area (TPSA) is 12.0 Å². The van der Waals surface area contributed by atoms with Gasteiger partial charge in [-0.1, -0.05) is 53.7 Å². The van der Waals surface area contributed by atoms with Crippen LogP contribution >= 0.6 is 0 Å². The molecule has 0 aromatic heterocycles. The van der Waals surface area contributed by atoms with E-state index in [1.165, 1.54) is 15.4 Å². The van der Waals surface area contributed by atoms with E-state index in [9.17, 15) is 0 Å². The molecule has 2 heteroatoms. The highest BCUT2D eigenvalue weighted by Gasteiger charge is 1.77. The average molecular weight is 215 g/mol. The number of hydrogen-bond donors (Lipinski definition) is 1. The van der Waals surface area contributed by atoms with Gasteiger partial charge in [-0.05, 0) is 12.1 Å². The van der Waals surface area contributed by atoms with Crippen molar-refractivity contribution in [1.29, 1.82) is 0 Å². The first-order valence-corrected chi connectivity index (χ1v) is 6.07. The number of benzene rings is 2. The lowest BCUT2D eigenvalue weighted by atomic mass is 10.3. The number of nitrogens with one attached hydrogen (secondary N) is 1. The van der Waals surface area contributed by atoms with Crippen LogP contribution in [-0.4, -0.2) is 17.3 Å². The monoisotopic (exact) mass is 215 g/mol. The zero-order chi connectivity index (χ0) is 10.9. The van der Waals surface area contributed by atoms with Gasteiger partial charge in [0.25, 0.3) is 0 Å². The summed E-state index contributed by atoms with van der Waals surface area (Å²) in [6.45, 7) is 0. The molecule has 15 heavy (non-hydrogen) atoms. The van der Waals surface area contributed by atoms with Gasteiger partial charge in [0.15, 0.2) is 0 Å². The molecule has 78 valence electrons. The molecule has 2 rings (SSSR count). The molecule has 0 heterocycles. The van der Waals surface area contributed by atoms with Gasteiger partial charge in [-0.25, -0.2) is 0 Å². The van der Waals surface area contributed by atoms with Crippen molar-refractivity contribution in [3.8, 4) is 0 Å². The molecular weight excluding hydrogens is 198 g/mol. The lowest BCUT2D eigenvalue weighted by Gasteiger charge is -1.94. The molecule has 0 saturated heterocycles. The quantitative estimate of drug-likeness (QED) is 0.709. The summed E-state index contributed by atoms with van der Waals surface area (Å²) in [4.78, 5) is 0. The molecule has 1 N–H and O–H groups in total. The minimum absolute atomic E-state index is 1.16. The second kappa shape index (κ2) is 6.84. The average Bonchev–Trinajstić information content (AvgIpc) is 2.32. The summed E-state index contributed by atoms with van der Waals surface area (Å²) >= 11 is 0. The fourth-order valence-electron chi connectivity index (χ4n) is 1.14. The van der Waals surface area contributed by atoms with Gasteiger partial charge in [0.1, 0.15) is 0 Å². The van der Waals surface area contributed by atoms with Gasteiger partial charge >= 0.3 is 0 Å². The molecule has 0 aliphatic heterocycles. The summed E-state index contributed by atoms with van der Waals surface area (Å²) in [6, 6.07) is 20.5. The van der Waals surface area contributed by atoms with E-state index in [0.29, 0.717) is 0 Å². The lowest BCUT2D eigenvalue weighted by Crippen LogP contribution is -1.97. The van der Waals surface area contributed by atoms with E-state index in [2.05, 4.69) is 29.6 Å². The minimum Gasteiger partial charge on any atom is -0.388 e. The molecule has 0 aliphatic carbocycles. The molecule has 0 aliphatic rings. The van der Waals surface area contributed by atoms with Gasteiger partial charge < -0.3 is 5.32 Å². The van der Waals surface area contributed by atoms with Crippen LogP contribution in [0.1, 0.15) is 0 Å². The number of rotatable bonds is 1. The zero-order valence-corrected chi connectivity index (χ0v) is 11.3. The highest BCUT2D eigenvalue weighted by atomic mass is 28.1. The van der Waals surface area contributed by atoms with Crippen LogP contribution in [0.3, 0.4) is 0 Å². The molecule has 2 aromatic rings. The Hall–Kier alpha value is -1.54. The van der Waals surface area contributed by atoms with Crippen LogP contribution in [0.4, 0.5) is 5.69 Å². The van der Waals surface area contributed by atoms with Gasteiger partial charge in [-0.2, -0.15) is 0 Å². The molecule has 0 spiro atoms. The molecule has 0 radical (unpaired) electrons. The summed E-state index contributed by atoms with van der Waals surface area (Å²) < 4.78 is 0. The van der Waals surface area contributed by atoms with Gasteiger partial charge in [-0.3, -0.25) is 0 Å². The van der Waals surface area contributed by atoms with Crippen LogP contribution in [0, 0.1) is 0 Å². The first-order chi connectivity index (χ1) is 7.33. The third-order valence-electron chi connectivity index (χ3n) is 2.00. The molecule has 1 nitrogen and oxygen atoms in total. The first kappa shape index (κ1) is 11.5. The van der Waals surface area contributed by atoms with Crippen LogP contribution in [0.15, 0.2) is 60.7 Å². The van der Waals surface area contributed by atoms with Crippen molar-refractivity contribution in [2.45, 2.75) is 0 Å². The van der Waals surface area contributed by atoms with Crippen LogP contribution in [0.2, 0.25) is 0 Å². The van der Waals surface area contributed by atoms with E-state index in [4.69, 9.17) is 0 Å². The number of hydrogen-bond acceptors (Lipinski definition) is 1. The molecule has 2 aromatic carbocycles. The Balaban J connectivity index is 0.000000151. The Morgan fingerprint density at radius 2 is 1.27 bits per heavy atom. The third-order valence-corrected chi connectivity index (χ3v) is 2.67. The normalized spacial score (nSPS) is 8.87. The molecule has 0 atom stereocenters. The largest absolute Gasteiger partial charge is 0.388 e. The van der Waals surface area contributed by atoms with E-state index in [1.54, 1.807) is 0 Å². The highest BCUT2D eigenvalue weighted by molar-refractivity contribution is 6.32. The maximum atomic E-state index is 3.03. The van der Waals surface area contributed by atoms with Crippen molar-refractivity contribution in [2.24, 2.45) is 0 Å². The molecule has 0 amide bonds. The third kappa shape index (κ3) is 5.03. The fraction of sp³-hybridized carbons (Fsp3) is 0.0769. The molecule has 0 saturated carbocycles. The van der Waals surface area contributed by atoms with Crippen molar-refractivity contribution in [3.63, 3.8) is 0 Å². The van der Waals surface area contributed by atoms with E-state index in [-0.39, 0.29) is 0 Å². The highest BCUT2D eigenvalue weighted by Crippen LogP contribution is 2.01. The summed E-state index contributed by atoms with van der Waals surface area (Å²) in [5.74, 6) is 0. The smallest absolute Gasteiger partial charge is 0.0384 e. The number of para-hydroxylation sites is 1. The first-order valence-electron chi connectivity index (χ1n) is 5.07. The molecule has 0 bridgehead atoms. The van der Waals surface area contributed by atoms with E-state index in [0.717, 1.165) is 5.69 Å². The Labute approximate surface area is 94.6 Å². The second-order valence-electron chi connectivity index (χ2n) is 3.27. The van der Waals surface area contributed by atoms with Crippen LogP contribution in [-0.2, 0) is 0 Å². The standard InChI is InChI=1S/C7H9N.C6H8Si/c1-8-7-5-3-2-4-6-7;7-6-4-2-1-3-5-6/h2-6,8H,1H3;1-5H,7H3. The zero-order valence-electron chi connectivity index (χ0n) is 9.27. The van der Waals surface area contributed by atoms with Crippen molar-refractivity contribution < 1.29 is 0 Å². The maximum absolute atomic E-state index is 3.03. The number of anilines is 1. The Kier molecular flexibility index (Phi) is 5.26. The van der Waals surface area contributed by atoms with Gasteiger partial charge in [-0.15, -0.1) is 0 Å². The van der Waals surface area contributed by atoms with Crippen LogP contribution in [0.5, 0.6) is 0 Å². The van der Waals surface area contributed by atoms with E-state index < -0.39 is 0 Å². The SMILES string of the molecule is CNc1ccccc1.[SiH3]c1ccccc1. The van der Waals surface area contributed by atoms with Gasteiger partial charge in [0, 0.05) is 23.0 Å². The van der Waals surface area contributed by atoms with Gasteiger partial charge in [0.2, 0.25) is 0 Å². The van der Waals surface area contributed by atoms with E-state index in [1.807, 2.05) is 43.4 Å². The van der Waals surface area contributed by atoms with Crippen molar-refractivity contribution >= 4 is 21.1 Å². The lowest BCUT2D eigenvalue weighted by molar-refractivity contribution is 1.51.